The van der Waals surface area contributed by atoms with Gasteiger partial charge in [-0.15, -0.1) is 0 Å². The topological polar surface area (TPSA) is 103 Å². The average molecular weight is 349 g/mol. The maximum Gasteiger partial charge on any atom is 0.278 e. The van der Waals surface area contributed by atoms with Crippen LogP contribution >= 0.6 is 0 Å². The Labute approximate surface area is 150 Å². The molecule has 2 aromatic heterocycles. The Hall–Kier alpha value is -3.40. The van der Waals surface area contributed by atoms with Crippen molar-refractivity contribution in [1.82, 2.24) is 19.9 Å². The van der Waals surface area contributed by atoms with Gasteiger partial charge in [0.05, 0.1) is 11.9 Å². The van der Waals surface area contributed by atoms with E-state index in [-0.39, 0.29) is 11.5 Å². The van der Waals surface area contributed by atoms with Gasteiger partial charge in [-0.2, -0.15) is 14.9 Å². The molecule has 0 aliphatic heterocycles. The van der Waals surface area contributed by atoms with E-state index < -0.39 is 0 Å². The molecule has 132 valence electrons. The van der Waals surface area contributed by atoms with E-state index in [0.717, 1.165) is 18.4 Å². The van der Waals surface area contributed by atoms with Gasteiger partial charge in [0.25, 0.3) is 5.56 Å². The molecule has 0 radical (unpaired) electrons. The number of hydrogen-bond acceptors (Lipinski definition) is 4. The van der Waals surface area contributed by atoms with Gasteiger partial charge >= 0.3 is 0 Å². The molecule has 0 aliphatic carbocycles. The molecule has 0 aliphatic rings. The molecule has 26 heavy (non-hydrogen) atoms. The molecule has 3 aromatic rings. The van der Waals surface area contributed by atoms with Crippen LogP contribution in [0.1, 0.15) is 30.9 Å². The number of carbonyl (C=O) groups is 1. The second-order valence-corrected chi connectivity index (χ2v) is 6.02. The highest BCUT2D eigenvalue weighted by atomic mass is 16.1. The fourth-order valence-electron chi connectivity index (χ4n) is 2.91. The lowest BCUT2D eigenvalue weighted by Gasteiger charge is -2.11. The number of fused-ring (bicyclic) bond motifs is 1. The first-order valence-corrected chi connectivity index (χ1v) is 8.44. The van der Waals surface area contributed by atoms with Gasteiger partial charge in [0, 0.05) is 19.0 Å². The smallest absolute Gasteiger partial charge is 0.278 e. The number of nitriles is 1. The van der Waals surface area contributed by atoms with Crippen molar-refractivity contribution in [3.8, 4) is 17.3 Å². The maximum atomic E-state index is 12.9. The van der Waals surface area contributed by atoms with Crippen molar-refractivity contribution in [3.63, 3.8) is 0 Å². The highest BCUT2D eigenvalue weighted by molar-refractivity contribution is 5.72. The van der Waals surface area contributed by atoms with Crippen molar-refractivity contribution in [2.45, 2.75) is 26.2 Å². The SMILES string of the molecule is CC(=O)NCCCCc1c(-c2ccccc2)[nH]c2c(C#N)cnn2c1=O. The minimum atomic E-state index is -0.223. The number of unbranched alkanes of at least 4 members (excludes halogenated alkanes) is 1. The molecule has 2 heterocycles. The summed E-state index contributed by atoms with van der Waals surface area (Å²) in [5.74, 6) is -0.0604. The van der Waals surface area contributed by atoms with Crippen LogP contribution < -0.4 is 10.9 Å². The molecule has 0 fully saturated rings. The van der Waals surface area contributed by atoms with Crippen LogP contribution in [-0.4, -0.2) is 27.0 Å². The molecule has 0 atom stereocenters. The van der Waals surface area contributed by atoms with Crippen LogP contribution in [0, 0.1) is 11.3 Å². The number of nitrogens with zero attached hydrogens (tertiary/aromatic N) is 3. The van der Waals surface area contributed by atoms with Crippen molar-refractivity contribution in [1.29, 1.82) is 5.26 Å². The lowest BCUT2D eigenvalue weighted by Crippen LogP contribution is -2.23. The largest absolute Gasteiger partial charge is 0.356 e. The van der Waals surface area contributed by atoms with E-state index in [4.69, 9.17) is 0 Å². The fourth-order valence-corrected chi connectivity index (χ4v) is 2.91. The summed E-state index contributed by atoms with van der Waals surface area (Å²) >= 11 is 0. The predicted octanol–water partition coefficient (Wildman–Crippen LogP) is 2.02. The van der Waals surface area contributed by atoms with Crippen molar-refractivity contribution < 1.29 is 4.79 Å². The summed E-state index contributed by atoms with van der Waals surface area (Å²) in [6, 6.07) is 11.6. The van der Waals surface area contributed by atoms with E-state index in [9.17, 15) is 14.9 Å². The number of H-pyrrole nitrogens is 1. The molecular formula is C19H19N5O2. The molecule has 0 saturated carbocycles. The number of hydrogen-bond donors (Lipinski definition) is 2. The Kier molecular flexibility index (Phi) is 5.13. The number of aromatic nitrogens is 3. The Morgan fingerprint density at radius 1 is 1.31 bits per heavy atom. The van der Waals surface area contributed by atoms with Crippen molar-refractivity contribution in [2.75, 3.05) is 6.54 Å². The summed E-state index contributed by atoms with van der Waals surface area (Å²) in [5, 5.41) is 16.0. The first-order valence-electron chi connectivity index (χ1n) is 8.44. The molecule has 7 heteroatoms. The minimum absolute atomic E-state index is 0.0604. The molecule has 0 bridgehead atoms. The quantitative estimate of drug-likeness (QED) is 0.665. The van der Waals surface area contributed by atoms with E-state index in [0.29, 0.717) is 35.4 Å². The Morgan fingerprint density at radius 2 is 2.08 bits per heavy atom. The summed E-state index contributed by atoms with van der Waals surface area (Å²) in [7, 11) is 0. The van der Waals surface area contributed by atoms with Crippen molar-refractivity contribution >= 4 is 11.6 Å². The van der Waals surface area contributed by atoms with Gasteiger partial charge in [0.1, 0.15) is 11.6 Å². The third-order valence-electron chi connectivity index (χ3n) is 4.18. The zero-order chi connectivity index (χ0) is 18.5. The number of benzene rings is 1. The summed E-state index contributed by atoms with van der Waals surface area (Å²) < 4.78 is 1.24. The summed E-state index contributed by atoms with van der Waals surface area (Å²) in [4.78, 5) is 27.1. The maximum absolute atomic E-state index is 12.9. The van der Waals surface area contributed by atoms with Crippen LogP contribution in [0.4, 0.5) is 0 Å². The third kappa shape index (κ3) is 3.49. The van der Waals surface area contributed by atoms with Gasteiger partial charge in [-0.3, -0.25) is 9.59 Å². The molecule has 3 rings (SSSR count). The van der Waals surface area contributed by atoms with Crippen LogP contribution in [0.5, 0.6) is 0 Å². The molecule has 0 unspecified atom stereocenters. The van der Waals surface area contributed by atoms with Gasteiger partial charge in [-0.05, 0) is 24.8 Å². The zero-order valence-electron chi connectivity index (χ0n) is 14.5. The molecule has 2 N–H and O–H groups in total. The van der Waals surface area contributed by atoms with Gasteiger partial charge in [-0.25, -0.2) is 0 Å². The second kappa shape index (κ2) is 7.66. The Morgan fingerprint density at radius 3 is 2.77 bits per heavy atom. The van der Waals surface area contributed by atoms with Crippen molar-refractivity contribution in [3.05, 3.63) is 58.0 Å². The van der Waals surface area contributed by atoms with E-state index in [1.807, 2.05) is 30.3 Å². The monoisotopic (exact) mass is 349 g/mol. The first kappa shape index (κ1) is 17.4. The molecule has 1 amide bonds. The van der Waals surface area contributed by atoms with Crippen LogP contribution in [0.3, 0.4) is 0 Å². The third-order valence-corrected chi connectivity index (χ3v) is 4.18. The van der Waals surface area contributed by atoms with E-state index in [1.165, 1.54) is 17.6 Å². The van der Waals surface area contributed by atoms with E-state index >= 15 is 0 Å². The summed E-state index contributed by atoms with van der Waals surface area (Å²) in [6.45, 7) is 2.06. The van der Waals surface area contributed by atoms with Crippen molar-refractivity contribution in [2.24, 2.45) is 0 Å². The normalized spacial score (nSPS) is 10.6. The van der Waals surface area contributed by atoms with E-state index in [1.54, 1.807) is 0 Å². The summed E-state index contributed by atoms with van der Waals surface area (Å²) in [5.41, 5.74) is 2.72. The van der Waals surface area contributed by atoms with Crippen LogP contribution in [0.2, 0.25) is 0 Å². The van der Waals surface area contributed by atoms with Crippen LogP contribution in [-0.2, 0) is 11.2 Å². The minimum Gasteiger partial charge on any atom is -0.356 e. The fraction of sp³-hybridized carbons (Fsp3) is 0.263. The van der Waals surface area contributed by atoms with Gasteiger partial charge < -0.3 is 10.3 Å². The standard InChI is InChI=1S/C19H19N5O2/c1-13(25)21-10-6-5-9-16-17(14-7-3-2-4-8-14)23-18-15(11-20)12-22-24(18)19(16)26/h2-4,7-8,12,23H,5-6,9-10H2,1H3,(H,21,25). The second-order valence-electron chi connectivity index (χ2n) is 6.02. The highest BCUT2D eigenvalue weighted by Crippen LogP contribution is 2.22. The predicted molar refractivity (Wildman–Crippen MR) is 97.6 cm³/mol. The number of amides is 1. The van der Waals surface area contributed by atoms with Gasteiger partial charge in [0.2, 0.25) is 5.91 Å². The molecule has 1 aromatic carbocycles. The van der Waals surface area contributed by atoms with Gasteiger partial charge in [0.15, 0.2) is 5.65 Å². The van der Waals surface area contributed by atoms with Gasteiger partial charge in [-0.1, -0.05) is 30.3 Å². The summed E-state index contributed by atoms with van der Waals surface area (Å²) in [6.07, 6.45) is 3.47. The molecule has 0 spiro atoms. The number of carbonyl (C=O) groups excluding carboxylic acids is 1. The molecule has 0 saturated heterocycles. The highest BCUT2D eigenvalue weighted by Gasteiger charge is 2.16. The molecule has 7 nitrogen and oxygen atoms in total. The number of nitrogens with one attached hydrogen (secondary N) is 2. The molecular weight excluding hydrogens is 330 g/mol. The zero-order valence-corrected chi connectivity index (χ0v) is 14.5. The number of aromatic amines is 1. The lowest BCUT2D eigenvalue weighted by atomic mass is 10.0. The average Bonchev–Trinajstić information content (AvgIpc) is 3.06. The Bertz CT molecular complexity index is 1030. The lowest BCUT2D eigenvalue weighted by molar-refractivity contribution is -0.118. The number of rotatable bonds is 6. The first-order chi connectivity index (χ1) is 12.6. The van der Waals surface area contributed by atoms with Crippen LogP contribution in [0.15, 0.2) is 41.3 Å². The van der Waals surface area contributed by atoms with E-state index in [2.05, 4.69) is 21.5 Å². The Balaban J connectivity index is 2.00. The van der Waals surface area contributed by atoms with Crippen LogP contribution in [0.25, 0.3) is 16.9 Å².